The minimum atomic E-state index is 0.470. The monoisotopic (exact) mass is 293 g/mol. The molecular formula is C15H20BrN. The van der Waals surface area contributed by atoms with Crippen molar-refractivity contribution < 1.29 is 0 Å². The summed E-state index contributed by atoms with van der Waals surface area (Å²) in [6, 6.07) is 8.99. The van der Waals surface area contributed by atoms with E-state index in [2.05, 4.69) is 40.2 Å². The van der Waals surface area contributed by atoms with Crippen molar-refractivity contribution in [3.8, 4) is 0 Å². The van der Waals surface area contributed by atoms with E-state index in [9.17, 15) is 0 Å². The summed E-state index contributed by atoms with van der Waals surface area (Å²) in [5.41, 5.74) is 8.48. The lowest BCUT2D eigenvalue weighted by atomic mass is 9.52. The molecule has 1 nitrogen and oxygen atoms in total. The second-order valence-electron chi connectivity index (χ2n) is 5.99. The number of nitrogens with two attached hydrogens (primary N) is 1. The van der Waals surface area contributed by atoms with Crippen molar-refractivity contribution >= 4 is 15.9 Å². The van der Waals surface area contributed by atoms with Gasteiger partial charge in [-0.25, -0.2) is 0 Å². The fourth-order valence-corrected chi connectivity index (χ4v) is 4.07. The Morgan fingerprint density at radius 3 is 1.94 bits per heavy atom. The molecule has 3 saturated carbocycles. The summed E-state index contributed by atoms with van der Waals surface area (Å²) < 4.78 is 1.18. The Hall–Kier alpha value is -0.340. The Morgan fingerprint density at radius 1 is 0.941 bits per heavy atom. The highest BCUT2D eigenvalue weighted by Crippen LogP contribution is 2.57. The molecule has 0 atom stereocenters. The van der Waals surface area contributed by atoms with E-state index in [4.69, 9.17) is 5.73 Å². The van der Waals surface area contributed by atoms with Gasteiger partial charge < -0.3 is 5.73 Å². The van der Waals surface area contributed by atoms with Crippen LogP contribution in [0.15, 0.2) is 28.7 Å². The van der Waals surface area contributed by atoms with E-state index in [0.29, 0.717) is 10.8 Å². The Kier molecular flexibility index (Phi) is 2.83. The third-order valence-electron chi connectivity index (χ3n) is 5.29. The van der Waals surface area contributed by atoms with E-state index < -0.39 is 0 Å². The zero-order chi connectivity index (χ0) is 11.9. The van der Waals surface area contributed by atoms with Gasteiger partial charge in [-0.15, -0.1) is 0 Å². The highest BCUT2D eigenvalue weighted by molar-refractivity contribution is 9.10. The van der Waals surface area contributed by atoms with Crippen LogP contribution >= 0.6 is 15.9 Å². The van der Waals surface area contributed by atoms with Crippen LogP contribution in [-0.2, 0) is 5.41 Å². The third-order valence-corrected chi connectivity index (χ3v) is 5.82. The quantitative estimate of drug-likeness (QED) is 0.876. The molecule has 3 aliphatic carbocycles. The highest BCUT2D eigenvalue weighted by Gasteiger charge is 2.48. The van der Waals surface area contributed by atoms with E-state index in [1.54, 1.807) is 5.56 Å². The zero-order valence-electron chi connectivity index (χ0n) is 10.2. The first-order chi connectivity index (χ1) is 8.18. The Bertz CT molecular complexity index is 385. The molecule has 92 valence electrons. The fourth-order valence-electron chi connectivity index (χ4n) is 3.81. The molecule has 0 radical (unpaired) electrons. The molecule has 17 heavy (non-hydrogen) atoms. The maximum absolute atomic E-state index is 5.97. The van der Waals surface area contributed by atoms with Gasteiger partial charge in [0.2, 0.25) is 0 Å². The minimum Gasteiger partial charge on any atom is -0.330 e. The summed E-state index contributed by atoms with van der Waals surface area (Å²) in [6.45, 7) is 0.892. The van der Waals surface area contributed by atoms with E-state index >= 15 is 0 Å². The number of benzene rings is 1. The van der Waals surface area contributed by atoms with Gasteiger partial charge in [0.1, 0.15) is 0 Å². The first kappa shape index (κ1) is 11.7. The average molecular weight is 294 g/mol. The second kappa shape index (κ2) is 4.10. The van der Waals surface area contributed by atoms with Crippen molar-refractivity contribution in [3.05, 3.63) is 34.3 Å². The number of rotatable bonds is 2. The van der Waals surface area contributed by atoms with Crippen molar-refractivity contribution in [2.45, 2.75) is 43.9 Å². The van der Waals surface area contributed by atoms with Crippen molar-refractivity contribution in [1.29, 1.82) is 0 Å². The van der Waals surface area contributed by atoms with Crippen LogP contribution in [-0.4, -0.2) is 6.54 Å². The lowest BCUT2D eigenvalue weighted by molar-refractivity contribution is 0.0471. The molecule has 4 rings (SSSR count). The van der Waals surface area contributed by atoms with Crippen LogP contribution in [0.2, 0.25) is 0 Å². The van der Waals surface area contributed by atoms with Gasteiger partial charge in [-0.05, 0) is 73.6 Å². The first-order valence-electron chi connectivity index (χ1n) is 6.64. The number of fused-ring (bicyclic) bond motifs is 3. The molecule has 0 aliphatic heterocycles. The standard InChI is InChI=1S/C15H20BrN/c16-13-3-1-12(2-4-13)15-8-5-14(11-17,6-9-15)7-10-15/h1-4H,5-11,17H2. The molecule has 2 N–H and O–H groups in total. The smallest absolute Gasteiger partial charge is 0.0175 e. The molecule has 0 saturated heterocycles. The molecule has 0 unspecified atom stereocenters. The average Bonchev–Trinajstić information content (AvgIpc) is 2.41. The summed E-state index contributed by atoms with van der Waals surface area (Å²) >= 11 is 3.52. The second-order valence-corrected chi connectivity index (χ2v) is 6.91. The molecule has 3 aliphatic rings. The number of halogens is 1. The van der Waals surface area contributed by atoms with Crippen LogP contribution in [0.4, 0.5) is 0 Å². The molecule has 3 fully saturated rings. The van der Waals surface area contributed by atoms with Crippen LogP contribution < -0.4 is 5.73 Å². The largest absolute Gasteiger partial charge is 0.330 e. The van der Waals surface area contributed by atoms with E-state index in [1.165, 1.54) is 43.0 Å². The molecule has 1 aromatic rings. The van der Waals surface area contributed by atoms with Gasteiger partial charge in [0.15, 0.2) is 0 Å². The van der Waals surface area contributed by atoms with Gasteiger partial charge in [-0.2, -0.15) is 0 Å². The predicted octanol–water partition coefficient (Wildman–Crippen LogP) is 4.00. The molecular weight excluding hydrogens is 274 g/mol. The molecule has 0 spiro atoms. The Morgan fingerprint density at radius 2 is 1.47 bits per heavy atom. The van der Waals surface area contributed by atoms with Gasteiger partial charge in [-0.3, -0.25) is 0 Å². The number of hydrogen-bond donors (Lipinski definition) is 1. The lowest BCUT2D eigenvalue weighted by Gasteiger charge is -2.53. The molecule has 2 heteroatoms. The minimum absolute atomic E-state index is 0.470. The molecule has 0 aromatic heterocycles. The highest BCUT2D eigenvalue weighted by atomic mass is 79.9. The third kappa shape index (κ3) is 1.86. The maximum Gasteiger partial charge on any atom is 0.0175 e. The summed E-state index contributed by atoms with van der Waals surface area (Å²) in [7, 11) is 0. The van der Waals surface area contributed by atoms with Crippen LogP contribution in [0, 0.1) is 5.41 Å². The van der Waals surface area contributed by atoms with E-state index in [0.717, 1.165) is 6.54 Å². The summed E-state index contributed by atoms with van der Waals surface area (Å²) in [5.74, 6) is 0. The predicted molar refractivity (Wildman–Crippen MR) is 75.0 cm³/mol. The summed E-state index contributed by atoms with van der Waals surface area (Å²) in [5, 5.41) is 0. The van der Waals surface area contributed by atoms with Crippen molar-refractivity contribution in [3.63, 3.8) is 0 Å². The van der Waals surface area contributed by atoms with Crippen molar-refractivity contribution in [2.75, 3.05) is 6.54 Å². The SMILES string of the molecule is NCC12CCC(c3ccc(Br)cc3)(CC1)CC2. The zero-order valence-corrected chi connectivity index (χ0v) is 11.8. The molecule has 1 aromatic carbocycles. The lowest BCUT2D eigenvalue weighted by Crippen LogP contribution is -2.47. The normalized spacial score (nSPS) is 36.1. The molecule has 0 heterocycles. The number of hydrogen-bond acceptors (Lipinski definition) is 1. The van der Waals surface area contributed by atoms with E-state index in [1.807, 2.05) is 0 Å². The van der Waals surface area contributed by atoms with Crippen LogP contribution in [0.3, 0.4) is 0 Å². The van der Waals surface area contributed by atoms with Crippen LogP contribution in [0.25, 0.3) is 0 Å². The Balaban J connectivity index is 1.88. The van der Waals surface area contributed by atoms with Gasteiger partial charge in [-0.1, -0.05) is 28.1 Å². The summed E-state index contributed by atoms with van der Waals surface area (Å²) in [4.78, 5) is 0. The maximum atomic E-state index is 5.97. The molecule has 0 amide bonds. The van der Waals surface area contributed by atoms with Gasteiger partial charge >= 0.3 is 0 Å². The van der Waals surface area contributed by atoms with Crippen LogP contribution in [0.1, 0.15) is 44.1 Å². The van der Waals surface area contributed by atoms with Crippen molar-refractivity contribution in [2.24, 2.45) is 11.1 Å². The topological polar surface area (TPSA) is 26.0 Å². The fraction of sp³-hybridized carbons (Fsp3) is 0.600. The van der Waals surface area contributed by atoms with Crippen LogP contribution in [0.5, 0.6) is 0 Å². The first-order valence-corrected chi connectivity index (χ1v) is 7.44. The summed E-state index contributed by atoms with van der Waals surface area (Å²) in [6.07, 6.45) is 8.02. The van der Waals surface area contributed by atoms with Crippen molar-refractivity contribution in [1.82, 2.24) is 0 Å². The Labute approximate surface area is 112 Å². The van der Waals surface area contributed by atoms with Gasteiger partial charge in [0.25, 0.3) is 0 Å². The van der Waals surface area contributed by atoms with Gasteiger partial charge in [0.05, 0.1) is 0 Å². The van der Waals surface area contributed by atoms with E-state index in [-0.39, 0.29) is 0 Å². The molecule has 2 bridgehead atoms. The van der Waals surface area contributed by atoms with Gasteiger partial charge in [0, 0.05) is 4.47 Å².